The van der Waals surface area contributed by atoms with Crippen molar-refractivity contribution >= 4 is 29.0 Å². The third-order valence-electron chi connectivity index (χ3n) is 3.00. The lowest BCUT2D eigenvalue weighted by Gasteiger charge is -2.07. The van der Waals surface area contributed by atoms with Gasteiger partial charge in [0.15, 0.2) is 0 Å². The Labute approximate surface area is 142 Å². The molecule has 1 aromatic heterocycles. The molecule has 0 aliphatic carbocycles. The Hall–Kier alpha value is -2.99. The van der Waals surface area contributed by atoms with E-state index in [-0.39, 0.29) is 11.7 Å². The number of rotatable bonds is 5. The zero-order valence-corrected chi connectivity index (χ0v) is 13.3. The maximum absolute atomic E-state index is 13.1. The lowest BCUT2D eigenvalue weighted by atomic mass is 10.3. The van der Waals surface area contributed by atoms with Gasteiger partial charge in [-0.25, -0.2) is 4.39 Å². The second-order valence-corrected chi connectivity index (χ2v) is 5.73. The molecule has 0 spiro atoms. The lowest BCUT2D eigenvalue weighted by molar-refractivity contribution is -0.111. The minimum Gasteiger partial charge on any atom is -0.457 e. The fourth-order valence-electron chi connectivity index (χ4n) is 1.92. The molecule has 1 heterocycles. The number of halogens is 1. The Balaban J connectivity index is 1.59. The maximum Gasteiger partial charge on any atom is 0.248 e. The highest BCUT2D eigenvalue weighted by molar-refractivity contribution is 7.10. The first kappa shape index (κ1) is 15.9. The van der Waals surface area contributed by atoms with Gasteiger partial charge < -0.3 is 10.1 Å². The van der Waals surface area contributed by atoms with Gasteiger partial charge in [-0.05, 0) is 42.5 Å². The Morgan fingerprint density at radius 2 is 2.00 bits per heavy atom. The number of carbonyl (C=O) groups excluding carboxylic acids is 1. The van der Waals surface area contributed by atoms with Gasteiger partial charge in [0, 0.05) is 28.9 Å². The minimum atomic E-state index is -0.357. The van der Waals surface area contributed by atoms with Gasteiger partial charge in [-0.1, -0.05) is 6.07 Å². The van der Waals surface area contributed by atoms with Crippen LogP contribution in [0.15, 0.2) is 66.3 Å². The largest absolute Gasteiger partial charge is 0.457 e. The normalized spacial score (nSPS) is 10.7. The van der Waals surface area contributed by atoms with E-state index in [9.17, 15) is 9.18 Å². The van der Waals surface area contributed by atoms with Crippen LogP contribution in [0.3, 0.4) is 0 Å². The van der Waals surface area contributed by atoms with E-state index in [0.29, 0.717) is 17.2 Å². The van der Waals surface area contributed by atoms with Crippen molar-refractivity contribution in [1.82, 2.24) is 4.98 Å². The molecule has 24 heavy (non-hydrogen) atoms. The van der Waals surface area contributed by atoms with Crippen molar-refractivity contribution in [1.29, 1.82) is 0 Å². The number of carbonyl (C=O) groups is 1. The Morgan fingerprint density at radius 1 is 1.17 bits per heavy atom. The fourth-order valence-corrected chi connectivity index (χ4v) is 2.43. The predicted molar refractivity (Wildman–Crippen MR) is 92.7 cm³/mol. The zero-order chi connectivity index (χ0) is 16.8. The van der Waals surface area contributed by atoms with Crippen molar-refractivity contribution in [3.05, 3.63) is 77.0 Å². The van der Waals surface area contributed by atoms with Crippen LogP contribution in [0.4, 0.5) is 10.1 Å². The van der Waals surface area contributed by atoms with Crippen molar-refractivity contribution in [3.63, 3.8) is 0 Å². The van der Waals surface area contributed by atoms with Crippen LogP contribution in [-0.2, 0) is 4.79 Å². The van der Waals surface area contributed by atoms with E-state index in [1.165, 1.54) is 29.5 Å². The van der Waals surface area contributed by atoms with Crippen LogP contribution >= 0.6 is 11.3 Å². The van der Waals surface area contributed by atoms with Crippen LogP contribution in [0.25, 0.3) is 6.08 Å². The molecule has 0 unspecified atom stereocenters. The number of thiazole rings is 1. The molecule has 1 N–H and O–H groups in total. The third-order valence-corrected chi connectivity index (χ3v) is 3.74. The van der Waals surface area contributed by atoms with Gasteiger partial charge in [0.2, 0.25) is 5.91 Å². The summed E-state index contributed by atoms with van der Waals surface area (Å²) in [4.78, 5) is 16.7. The summed E-state index contributed by atoms with van der Waals surface area (Å²) in [5, 5.41) is 2.75. The van der Waals surface area contributed by atoms with Gasteiger partial charge in [-0.15, -0.1) is 11.3 Å². The zero-order valence-electron chi connectivity index (χ0n) is 12.5. The monoisotopic (exact) mass is 340 g/mol. The number of nitrogens with one attached hydrogen (secondary N) is 1. The van der Waals surface area contributed by atoms with E-state index in [1.54, 1.807) is 54.2 Å². The van der Waals surface area contributed by atoms with Crippen LogP contribution in [0, 0.1) is 5.82 Å². The summed E-state index contributed by atoms with van der Waals surface area (Å²) in [6.45, 7) is 0. The quantitative estimate of drug-likeness (QED) is 0.683. The van der Waals surface area contributed by atoms with Gasteiger partial charge in [-0.2, -0.15) is 0 Å². The molecule has 120 valence electrons. The summed E-state index contributed by atoms with van der Waals surface area (Å²) in [5.41, 5.74) is 2.34. The molecule has 3 rings (SSSR count). The first-order chi connectivity index (χ1) is 11.7. The summed E-state index contributed by atoms with van der Waals surface area (Å²) in [6, 6.07) is 12.7. The molecule has 2 aromatic carbocycles. The van der Waals surface area contributed by atoms with Gasteiger partial charge in [-0.3, -0.25) is 9.78 Å². The highest BCUT2D eigenvalue weighted by Gasteiger charge is 2.01. The molecule has 0 saturated heterocycles. The van der Waals surface area contributed by atoms with Crippen LogP contribution in [-0.4, -0.2) is 10.9 Å². The molecular weight excluding hydrogens is 327 g/mol. The summed E-state index contributed by atoms with van der Waals surface area (Å²) in [5.74, 6) is 0.379. The minimum absolute atomic E-state index is 0.234. The summed E-state index contributed by atoms with van der Waals surface area (Å²) in [6.07, 6.45) is 4.84. The number of nitrogens with zero attached hydrogens (tertiary/aromatic N) is 1. The smallest absolute Gasteiger partial charge is 0.248 e. The van der Waals surface area contributed by atoms with Gasteiger partial charge >= 0.3 is 0 Å². The maximum atomic E-state index is 13.1. The Bertz CT molecular complexity index is 846. The Morgan fingerprint density at radius 3 is 2.71 bits per heavy atom. The van der Waals surface area contributed by atoms with Crippen LogP contribution < -0.4 is 10.1 Å². The van der Waals surface area contributed by atoms with Crippen molar-refractivity contribution in [2.45, 2.75) is 0 Å². The van der Waals surface area contributed by atoms with E-state index in [0.717, 1.165) is 4.88 Å². The van der Waals surface area contributed by atoms with Crippen LogP contribution in [0.5, 0.6) is 11.5 Å². The number of hydrogen-bond acceptors (Lipinski definition) is 4. The topological polar surface area (TPSA) is 51.2 Å². The molecule has 0 radical (unpaired) electrons. The van der Waals surface area contributed by atoms with Crippen molar-refractivity contribution < 1.29 is 13.9 Å². The van der Waals surface area contributed by atoms with Crippen molar-refractivity contribution in [3.8, 4) is 11.5 Å². The lowest BCUT2D eigenvalue weighted by Crippen LogP contribution is -2.07. The number of hydrogen-bond donors (Lipinski definition) is 1. The molecule has 4 nitrogen and oxygen atoms in total. The highest BCUT2D eigenvalue weighted by atomic mass is 32.1. The van der Waals surface area contributed by atoms with E-state index >= 15 is 0 Å². The number of amides is 1. The second-order valence-electron chi connectivity index (χ2n) is 4.81. The fraction of sp³-hybridized carbons (Fsp3) is 0. The third kappa shape index (κ3) is 4.50. The van der Waals surface area contributed by atoms with E-state index in [1.807, 2.05) is 0 Å². The molecule has 6 heteroatoms. The molecular formula is C18H13FN2O2S. The first-order valence-electron chi connectivity index (χ1n) is 7.10. The van der Waals surface area contributed by atoms with E-state index in [2.05, 4.69) is 10.3 Å². The second kappa shape index (κ2) is 7.52. The average Bonchev–Trinajstić information content (AvgIpc) is 3.08. The van der Waals surface area contributed by atoms with E-state index in [4.69, 9.17) is 4.74 Å². The molecule has 0 bridgehead atoms. The van der Waals surface area contributed by atoms with Crippen LogP contribution in [0.1, 0.15) is 4.88 Å². The number of ether oxygens (including phenoxy) is 1. The molecule has 0 saturated carbocycles. The molecule has 0 aliphatic rings. The molecule has 1 amide bonds. The molecule has 3 aromatic rings. The van der Waals surface area contributed by atoms with Crippen molar-refractivity contribution in [2.24, 2.45) is 0 Å². The number of anilines is 1. The Kier molecular flexibility index (Phi) is 4.98. The SMILES string of the molecule is O=C(/C=C/c1cncs1)Nc1ccc(Oc2cccc(F)c2)cc1. The molecule has 0 fully saturated rings. The predicted octanol–water partition coefficient (Wildman–Crippen LogP) is 4.73. The van der Waals surface area contributed by atoms with E-state index < -0.39 is 0 Å². The number of aromatic nitrogens is 1. The summed E-state index contributed by atoms with van der Waals surface area (Å²) in [7, 11) is 0. The molecule has 0 aliphatic heterocycles. The highest BCUT2D eigenvalue weighted by Crippen LogP contribution is 2.23. The summed E-state index contributed by atoms with van der Waals surface area (Å²) >= 11 is 1.45. The van der Waals surface area contributed by atoms with Gasteiger partial charge in [0.25, 0.3) is 0 Å². The van der Waals surface area contributed by atoms with Gasteiger partial charge in [0.05, 0.1) is 5.51 Å². The van der Waals surface area contributed by atoms with Gasteiger partial charge in [0.1, 0.15) is 17.3 Å². The molecule has 0 atom stereocenters. The number of benzene rings is 2. The van der Waals surface area contributed by atoms with Crippen molar-refractivity contribution in [2.75, 3.05) is 5.32 Å². The average molecular weight is 340 g/mol. The van der Waals surface area contributed by atoms with Crippen LogP contribution in [0.2, 0.25) is 0 Å². The summed E-state index contributed by atoms with van der Waals surface area (Å²) < 4.78 is 18.7. The first-order valence-corrected chi connectivity index (χ1v) is 7.98. The standard InChI is InChI=1S/C18H13FN2O2S/c19-13-2-1-3-16(10-13)23-15-6-4-14(5-7-15)21-18(22)9-8-17-11-20-12-24-17/h1-12H,(H,21,22)/b9-8+.